The highest BCUT2D eigenvalue weighted by atomic mass is 32.2. The summed E-state index contributed by atoms with van der Waals surface area (Å²) < 4.78 is 37.6. The fourth-order valence-electron chi connectivity index (χ4n) is 2.15. The zero-order chi connectivity index (χ0) is 20.0. The van der Waals surface area contributed by atoms with Crippen LogP contribution in [0.2, 0.25) is 0 Å². The van der Waals surface area contributed by atoms with Crippen LogP contribution in [0.25, 0.3) is 0 Å². The quantitative estimate of drug-likeness (QED) is 0.615. The summed E-state index contributed by atoms with van der Waals surface area (Å²) >= 11 is 0. The third-order valence-corrected chi connectivity index (χ3v) is 4.84. The summed E-state index contributed by atoms with van der Waals surface area (Å²) in [6.07, 6.45) is 0. The molecule has 0 aromatic heterocycles. The van der Waals surface area contributed by atoms with Crippen molar-refractivity contribution in [2.75, 3.05) is 25.5 Å². The minimum Gasteiger partial charge on any atom is -0.493 e. The number of nitrogens with one attached hydrogen (secondary N) is 2. The molecule has 2 aromatic carbocycles. The zero-order valence-corrected chi connectivity index (χ0v) is 15.4. The van der Waals surface area contributed by atoms with Gasteiger partial charge >= 0.3 is 5.97 Å². The van der Waals surface area contributed by atoms with Crippen LogP contribution in [0.5, 0.6) is 11.5 Å². The van der Waals surface area contributed by atoms with Crippen molar-refractivity contribution in [1.29, 1.82) is 0 Å². The van der Waals surface area contributed by atoms with E-state index in [0.717, 1.165) is 0 Å². The van der Waals surface area contributed by atoms with E-state index in [-0.39, 0.29) is 21.9 Å². The number of anilines is 1. The third-order valence-electron chi connectivity index (χ3n) is 3.46. The van der Waals surface area contributed by atoms with Crippen LogP contribution in [0.4, 0.5) is 5.69 Å². The number of benzene rings is 2. The van der Waals surface area contributed by atoms with Crippen LogP contribution in [0.15, 0.2) is 47.4 Å². The topological polar surface area (TPSA) is 131 Å². The maximum Gasteiger partial charge on any atom is 0.322 e. The molecule has 2 aromatic rings. The molecule has 0 atom stereocenters. The number of hydrogen-bond acceptors (Lipinski definition) is 6. The van der Waals surface area contributed by atoms with Crippen molar-refractivity contribution in [2.45, 2.75) is 4.90 Å². The summed E-state index contributed by atoms with van der Waals surface area (Å²) in [6, 6.07) is 9.73. The van der Waals surface area contributed by atoms with Gasteiger partial charge in [-0.05, 0) is 36.4 Å². The molecule has 2 rings (SSSR count). The van der Waals surface area contributed by atoms with E-state index in [1.165, 1.54) is 56.7 Å². The lowest BCUT2D eigenvalue weighted by Gasteiger charge is -2.12. The summed E-state index contributed by atoms with van der Waals surface area (Å²) in [6.45, 7) is -0.507. The normalized spacial score (nSPS) is 10.7. The van der Waals surface area contributed by atoms with Gasteiger partial charge in [-0.3, -0.25) is 14.3 Å². The predicted molar refractivity (Wildman–Crippen MR) is 96.8 cm³/mol. The number of carboxylic acid groups (broad SMARTS) is 1. The largest absolute Gasteiger partial charge is 0.493 e. The van der Waals surface area contributed by atoms with E-state index in [0.29, 0.717) is 5.75 Å². The molecule has 9 nitrogen and oxygen atoms in total. The number of amides is 1. The zero-order valence-electron chi connectivity index (χ0n) is 14.6. The lowest BCUT2D eigenvalue weighted by atomic mass is 10.2. The number of sulfonamides is 1. The van der Waals surface area contributed by atoms with Gasteiger partial charge in [0.1, 0.15) is 6.54 Å². The molecule has 0 heterocycles. The lowest BCUT2D eigenvalue weighted by Crippen LogP contribution is -2.29. The van der Waals surface area contributed by atoms with Gasteiger partial charge in [0.05, 0.1) is 19.1 Å². The number of carbonyl (C=O) groups is 2. The molecule has 0 saturated heterocycles. The average Bonchev–Trinajstić information content (AvgIpc) is 2.65. The Bertz CT molecular complexity index is 940. The van der Waals surface area contributed by atoms with E-state index in [2.05, 4.69) is 10.0 Å². The molecule has 27 heavy (non-hydrogen) atoms. The Morgan fingerprint density at radius 1 is 1.00 bits per heavy atom. The molecule has 0 aliphatic heterocycles. The number of rotatable bonds is 8. The van der Waals surface area contributed by atoms with Gasteiger partial charge in [0, 0.05) is 17.3 Å². The lowest BCUT2D eigenvalue weighted by molar-refractivity contribution is -0.135. The van der Waals surface area contributed by atoms with Crippen molar-refractivity contribution in [2.24, 2.45) is 0 Å². The molecule has 0 bridgehead atoms. The van der Waals surface area contributed by atoms with Gasteiger partial charge in [-0.1, -0.05) is 0 Å². The summed E-state index contributed by atoms with van der Waals surface area (Å²) in [5.74, 6) is -1.08. The second-order valence-electron chi connectivity index (χ2n) is 5.28. The molecular formula is C17H18N2O7S. The third kappa shape index (κ3) is 5.11. The minimum atomic E-state index is -3.89. The highest BCUT2D eigenvalue weighted by Gasteiger charge is 2.17. The van der Waals surface area contributed by atoms with Crippen LogP contribution in [-0.4, -0.2) is 46.2 Å². The maximum absolute atomic E-state index is 12.5. The molecule has 0 unspecified atom stereocenters. The Balaban J connectivity index is 2.16. The van der Waals surface area contributed by atoms with Crippen molar-refractivity contribution < 1.29 is 32.6 Å². The highest BCUT2D eigenvalue weighted by Crippen LogP contribution is 2.30. The standard InChI is InChI=1S/C17H18N2O7S/c1-25-14-8-7-13(9-15(14)26-2)27(23,24)19-12-5-3-11(4-6-12)17(22)18-10-16(20)21/h3-9,19H,10H2,1-2H3,(H,18,22)(H,20,21). The molecule has 0 saturated carbocycles. The van der Waals surface area contributed by atoms with Crippen molar-refractivity contribution in [1.82, 2.24) is 5.32 Å². The molecule has 3 N–H and O–H groups in total. The summed E-state index contributed by atoms with van der Waals surface area (Å²) in [7, 11) is -1.05. The van der Waals surface area contributed by atoms with Gasteiger partial charge in [0.2, 0.25) is 0 Å². The molecule has 10 heteroatoms. The smallest absolute Gasteiger partial charge is 0.322 e. The number of ether oxygens (including phenoxy) is 2. The highest BCUT2D eigenvalue weighted by molar-refractivity contribution is 7.92. The molecule has 1 amide bonds. The first kappa shape index (κ1) is 20.0. The first-order valence-electron chi connectivity index (χ1n) is 7.61. The van der Waals surface area contributed by atoms with E-state index < -0.39 is 28.4 Å². The summed E-state index contributed by atoms with van der Waals surface area (Å²) in [5, 5.41) is 10.8. The van der Waals surface area contributed by atoms with Crippen LogP contribution in [0.3, 0.4) is 0 Å². The number of carboxylic acids is 1. The van der Waals surface area contributed by atoms with E-state index in [4.69, 9.17) is 14.6 Å². The molecule has 0 fully saturated rings. The fraction of sp³-hybridized carbons (Fsp3) is 0.176. The summed E-state index contributed by atoms with van der Waals surface area (Å²) in [4.78, 5) is 22.2. The Morgan fingerprint density at radius 3 is 2.19 bits per heavy atom. The molecule has 0 spiro atoms. The van der Waals surface area contributed by atoms with Gasteiger partial charge in [-0.15, -0.1) is 0 Å². The average molecular weight is 394 g/mol. The van der Waals surface area contributed by atoms with Crippen LogP contribution in [-0.2, 0) is 14.8 Å². The first-order chi connectivity index (χ1) is 12.8. The molecule has 0 radical (unpaired) electrons. The predicted octanol–water partition coefficient (Wildman–Crippen LogP) is 1.32. The Kier molecular flexibility index (Phi) is 6.24. The van der Waals surface area contributed by atoms with Crippen molar-refractivity contribution in [3.05, 3.63) is 48.0 Å². The van der Waals surface area contributed by atoms with Gasteiger partial charge < -0.3 is 19.9 Å². The first-order valence-corrected chi connectivity index (χ1v) is 9.10. The van der Waals surface area contributed by atoms with Crippen LogP contribution < -0.4 is 19.5 Å². The van der Waals surface area contributed by atoms with Crippen molar-refractivity contribution in [3.8, 4) is 11.5 Å². The SMILES string of the molecule is COc1ccc(S(=O)(=O)Nc2ccc(C(=O)NCC(=O)O)cc2)cc1OC. The number of hydrogen-bond donors (Lipinski definition) is 3. The van der Waals surface area contributed by atoms with Crippen LogP contribution in [0.1, 0.15) is 10.4 Å². The second kappa shape index (κ2) is 8.41. The van der Waals surface area contributed by atoms with E-state index >= 15 is 0 Å². The van der Waals surface area contributed by atoms with Gasteiger partial charge in [0.15, 0.2) is 11.5 Å². The molecule has 0 aliphatic carbocycles. The molecule has 144 valence electrons. The molecular weight excluding hydrogens is 376 g/mol. The Labute approximate surface area is 156 Å². The Hall–Kier alpha value is -3.27. The van der Waals surface area contributed by atoms with E-state index in [1.54, 1.807) is 0 Å². The monoisotopic (exact) mass is 394 g/mol. The van der Waals surface area contributed by atoms with Gasteiger partial charge in [0.25, 0.3) is 15.9 Å². The number of carbonyl (C=O) groups excluding carboxylic acids is 1. The number of aliphatic carboxylic acids is 1. The van der Waals surface area contributed by atoms with Crippen LogP contribution >= 0.6 is 0 Å². The molecule has 0 aliphatic rings. The fourth-order valence-corrected chi connectivity index (χ4v) is 3.22. The van der Waals surface area contributed by atoms with E-state index in [9.17, 15) is 18.0 Å². The van der Waals surface area contributed by atoms with E-state index in [1.807, 2.05) is 0 Å². The van der Waals surface area contributed by atoms with Crippen molar-refractivity contribution in [3.63, 3.8) is 0 Å². The second-order valence-corrected chi connectivity index (χ2v) is 6.96. The van der Waals surface area contributed by atoms with Gasteiger partial charge in [-0.2, -0.15) is 0 Å². The van der Waals surface area contributed by atoms with Crippen molar-refractivity contribution >= 4 is 27.6 Å². The van der Waals surface area contributed by atoms with Gasteiger partial charge in [-0.25, -0.2) is 8.42 Å². The summed E-state index contributed by atoms with van der Waals surface area (Å²) in [5.41, 5.74) is 0.435. The minimum absolute atomic E-state index is 0.0246. The number of methoxy groups -OCH3 is 2. The maximum atomic E-state index is 12.5. The van der Waals surface area contributed by atoms with Crippen LogP contribution in [0, 0.1) is 0 Å². The Morgan fingerprint density at radius 2 is 1.63 bits per heavy atom.